The van der Waals surface area contributed by atoms with Crippen LogP contribution in [0.3, 0.4) is 0 Å². The minimum Gasteiger partial charge on any atom is -0.396 e. The largest absolute Gasteiger partial charge is 0.417 e. The van der Waals surface area contributed by atoms with Crippen molar-refractivity contribution in [3.8, 4) is 6.07 Å². The molecule has 8 heteroatoms. The van der Waals surface area contributed by atoms with E-state index >= 15 is 0 Å². The Labute approximate surface area is 191 Å². The molecular weight excluding hydrogens is 431 g/mol. The molecule has 0 saturated carbocycles. The summed E-state index contributed by atoms with van der Waals surface area (Å²) in [6.45, 7) is 3.61. The summed E-state index contributed by atoms with van der Waals surface area (Å²) < 4.78 is 40.3. The second-order valence-electron chi connectivity index (χ2n) is 9.00. The Kier molecular flexibility index (Phi) is 6.10. The number of anilines is 1. The average molecular weight is 457 g/mol. The quantitative estimate of drug-likeness (QED) is 0.751. The van der Waals surface area contributed by atoms with E-state index in [0.717, 1.165) is 18.1 Å². The molecule has 174 valence electrons. The van der Waals surface area contributed by atoms with Crippen molar-refractivity contribution < 1.29 is 23.1 Å². The van der Waals surface area contributed by atoms with Crippen molar-refractivity contribution in [2.24, 2.45) is 11.3 Å². The Morgan fingerprint density at radius 3 is 2.55 bits per heavy atom. The third-order valence-corrected chi connectivity index (χ3v) is 7.07. The Morgan fingerprint density at radius 1 is 1.21 bits per heavy atom. The summed E-state index contributed by atoms with van der Waals surface area (Å²) >= 11 is 0. The van der Waals surface area contributed by atoms with Crippen molar-refractivity contribution in [1.29, 1.82) is 5.26 Å². The summed E-state index contributed by atoms with van der Waals surface area (Å²) in [4.78, 5) is 16.7. The number of carbonyl (C=O) groups excluding carboxylic acids is 1. The number of hydrogen-bond acceptors (Lipinski definition) is 4. The van der Waals surface area contributed by atoms with E-state index in [0.29, 0.717) is 43.9 Å². The van der Waals surface area contributed by atoms with Gasteiger partial charge >= 0.3 is 6.18 Å². The summed E-state index contributed by atoms with van der Waals surface area (Å²) in [5, 5.41) is 19.4. The van der Waals surface area contributed by atoms with Gasteiger partial charge in [-0.1, -0.05) is 19.1 Å². The molecule has 5 nitrogen and oxygen atoms in total. The molecule has 2 aliphatic rings. The number of benzene rings is 2. The molecule has 1 amide bonds. The Morgan fingerprint density at radius 2 is 1.94 bits per heavy atom. The first kappa shape index (κ1) is 23.1. The Balaban J connectivity index is 1.56. The van der Waals surface area contributed by atoms with Gasteiger partial charge in [-0.25, -0.2) is 0 Å². The molecule has 2 aromatic carbocycles. The molecule has 2 aromatic rings. The Bertz CT molecular complexity index is 1080. The lowest BCUT2D eigenvalue weighted by Gasteiger charge is -2.44. The van der Waals surface area contributed by atoms with Crippen LogP contribution in [0.4, 0.5) is 18.9 Å². The molecule has 0 radical (unpaired) electrons. The molecule has 2 heterocycles. The zero-order valence-electron chi connectivity index (χ0n) is 18.4. The van der Waals surface area contributed by atoms with Gasteiger partial charge in [0.15, 0.2) is 0 Å². The first-order valence-corrected chi connectivity index (χ1v) is 11.1. The van der Waals surface area contributed by atoms with E-state index in [1.54, 1.807) is 11.0 Å². The molecule has 0 bridgehead atoms. The van der Waals surface area contributed by atoms with Gasteiger partial charge in [-0.05, 0) is 54.7 Å². The van der Waals surface area contributed by atoms with Gasteiger partial charge in [0, 0.05) is 42.8 Å². The van der Waals surface area contributed by atoms with Gasteiger partial charge in [0.25, 0.3) is 5.91 Å². The number of likely N-dealkylation sites (tertiary alicyclic amines) is 1. The van der Waals surface area contributed by atoms with Crippen LogP contribution in [-0.2, 0) is 12.6 Å². The van der Waals surface area contributed by atoms with Crippen LogP contribution < -0.4 is 4.90 Å². The molecule has 2 atom stereocenters. The summed E-state index contributed by atoms with van der Waals surface area (Å²) in [7, 11) is 0. The molecule has 0 spiro atoms. The highest BCUT2D eigenvalue weighted by molar-refractivity contribution is 5.94. The lowest BCUT2D eigenvalue weighted by Crippen LogP contribution is -2.51. The maximum atomic E-state index is 13.4. The molecule has 2 fully saturated rings. The summed E-state index contributed by atoms with van der Waals surface area (Å²) in [5.74, 6) is -0.0257. The monoisotopic (exact) mass is 457 g/mol. The highest BCUT2D eigenvalue weighted by Gasteiger charge is 2.51. The van der Waals surface area contributed by atoms with Crippen LogP contribution in [0.25, 0.3) is 0 Å². The highest BCUT2D eigenvalue weighted by Crippen LogP contribution is 2.44. The number of nitriles is 1. The zero-order valence-corrected chi connectivity index (χ0v) is 18.4. The van der Waals surface area contributed by atoms with Gasteiger partial charge in [0.05, 0.1) is 23.8 Å². The number of carbonyl (C=O) groups is 1. The zero-order chi connectivity index (χ0) is 23.8. The fourth-order valence-corrected chi connectivity index (χ4v) is 5.11. The molecule has 0 unspecified atom stereocenters. The summed E-state index contributed by atoms with van der Waals surface area (Å²) in [6, 6.07) is 12.8. The van der Waals surface area contributed by atoms with Gasteiger partial charge in [0.2, 0.25) is 0 Å². The lowest BCUT2D eigenvalue weighted by molar-refractivity contribution is -0.137. The van der Waals surface area contributed by atoms with Crippen LogP contribution in [0.15, 0.2) is 42.5 Å². The van der Waals surface area contributed by atoms with Crippen molar-refractivity contribution in [1.82, 2.24) is 4.90 Å². The maximum Gasteiger partial charge on any atom is 0.417 e. The van der Waals surface area contributed by atoms with Crippen LogP contribution in [0.2, 0.25) is 0 Å². The van der Waals surface area contributed by atoms with Crippen LogP contribution in [-0.4, -0.2) is 48.7 Å². The smallest absolute Gasteiger partial charge is 0.396 e. The molecule has 33 heavy (non-hydrogen) atoms. The first-order valence-electron chi connectivity index (χ1n) is 11.1. The van der Waals surface area contributed by atoms with E-state index in [4.69, 9.17) is 5.26 Å². The number of aliphatic hydroxyl groups is 1. The maximum absolute atomic E-state index is 13.4. The third-order valence-electron chi connectivity index (χ3n) is 7.07. The second-order valence-corrected chi connectivity index (χ2v) is 9.00. The van der Waals surface area contributed by atoms with Gasteiger partial charge in [-0.2, -0.15) is 18.4 Å². The van der Waals surface area contributed by atoms with Crippen LogP contribution in [0.1, 0.15) is 40.4 Å². The number of fused-ring (bicyclic) bond motifs is 1. The number of piperidine rings is 1. The summed E-state index contributed by atoms with van der Waals surface area (Å²) in [5.41, 5.74) is 0.130. The van der Waals surface area contributed by atoms with Crippen molar-refractivity contribution in [3.05, 3.63) is 64.7 Å². The topological polar surface area (TPSA) is 67.6 Å². The van der Waals surface area contributed by atoms with Gasteiger partial charge in [0.1, 0.15) is 0 Å². The van der Waals surface area contributed by atoms with E-state index in [2.05, 4.69) is 0 Å². The van der Waals surface area contributed by atoms with Crippen molar-refractivity contribution in [3.63, 3.8) is 0 Å². The number of aryl methyl sites for hydroxylation is 1. The van der Waals surface area contributed by atoms with E-state index in [9.17, 15) is 23.1 Å². The fourth-order valence-electron chi connectivity index (χ4n) is 5.11. The molecule has 0 aromatic heterocycles. The number of nitrogens with zero attached hydrogens (tertiary/aromatic N) is 3. The van der Waals surface area contributed by atoms with E-state index in [-0.39, 0.29) is 18.4 Å². The molecule has 1 N–H and O–H groups in total. The number of halogens is 3. The molecule has 2 aliphatic heterocycles. The van der Waals surface area contributed by atoms with Crippen LogP contribution in [0.5, 0.6) is 0 Å². The average Bonchev–Trinajstić information content (AvgIpc) is 3.22. The normalized spacial score (nSPS) is 22.7. The third kappa shape index (κ3) is 4.30. The van der Waals surface area contributed by atoms with E-state index < -0.39 is 22.7 Å². The van der Waals surface area contributed by atoms with E-state index in [1.807, 2.05) is 36.1 Å². The fraction of sp³-hybridized carbons (Fsp3) is 0.440. The predicted molar refractivity (Wildman–Crippen MR) is 118 cm³/mol. The van der Waals surface area contributed by atoms with Gasteiger partial charge in [-0.15, -0.1) is 0 Å². The first-order chi connectivity index (χ1) is 15.7. The van der Waals surface area contributed by atoms with Crippen molar-refractivity contribution in [2.75, 3.05) is 37.7 Å². The van der Waals surface area contributed by atoms with Gasteiger partial charge < -0.3 is 14.9 Å². The predicted octanol–water partition coefficient (Wildman–Crippen LogP) is 4.10. The number of rotatable bonds is 4. The van der Waals surface area contributed by atoms with Crippen LogP contribution in [0, 0.1) is 22.7 Å². The molecule has 2 saturated heterocycles. The number of amides is 1. The number of alkyl halides is 3. The van der Waals surface area contributed by atoms with Crippen LogP contribution >= 0.6 is 0 Å². The molecule has 0 aliphatic carbocycles. The minimum atomic E-state index is -4.63. The molecular formula is C25H26F3N3O2. The van der Waals surface area contributed by atoms with E-state index in [1.165, 1.54) is 12.1 Å². The highest BCUT2D eigenvalue weighted by atomic mass is 19.4. The number of aliphatic hydroxyl groups excluding tert-OH is 1. The van der Waals surface area contributed by atoms with Crippen molar-refractivity contribution >= 4 is 11.6 Å². The number of hydrogen-bond donors (Lipinski definition) is 1. The standard InChI is InChI=1S/C25H26F3N3O2/c1-2-17-3-5-18(6-4-17)23(33)31-13-20-9-10-30(14-24(20,15-31)16-32)21-8-7-19(12-29)22(11-21)25(26,27)28/h3-8,11,20,32H,2,9-10,13-16H2,1H3/t20-,24+/m1/s1. The molecule has 4 rings (SSSR count). The second kappa shape index (κ2) is 8.71. The lowest BCUT2D eigenvalue weighted by atomic mass is 9.74. The summed E-state index contributed by atoms with van der Waals surface area (Å²) in [6.07, 6.45) is -3.09. The van der Waals surface area contributed by atoms with Crippen molar-refractivity contribution in [2.45, 2.75) is 25.9 Å². The minimum absolute atomic E-state index is 0.0677. The Hall–Kier alpha value is -3.05. The van der Waals surface area contributed by atoms with Gasteiger partial charge in [-0.3, -0.25) is 4.79 Å². The SMILES string of the molecule is CCc1ccc(C(=O)N2C[C@H]3CCN(c4ccc(C#N)c(C(F)(F)F)c4)C[C@@]3(CO)C2)cc1.